The molecule has 1 aromatic heterocycles. The number of benzene rings is 2. The average molecular weight is 407 g/mol. The third kappa shape index (κ3) is 4.17. The summed E-state index contributed by atoms with van der Waals surface area (Å²) in [6.45, 7) is 7.89. The Labute approximate surface area is 174 Å². The molecule has 156 valence electrons. The third-order valence-corrected chi connectivity index (χ3v) is 4.89. The van der Waals surface area contributed by atoms with Crippen molar-refractivity contribution in [2.45, 2.75) is 27.3 Å². The number of aromatic nitrogens is 2. The molecule has 3 aromatic rings. The molecule has 8 nitrogen and oxygen atoms in total. The van der Waals surface area contributed by atoms with Gasteiger partial charge in [0, 0.05) is 42.3 Å². The van der Waals surface area contributed by atoms with Gasteiger partial charge in [0.25, 0.3) is 11.5 Å². The summed E-state index contributed by atoms with van der Waals surface area (Å²) in [6, 6.07) is 12.1. The van der Waals surface area contributed by atoms with Gasteiger partial charge in [-0.25, -0.2) is 10.1 Å². The average Bonchev–Trinajstić information content (AvgIpc) is 2.76. The Morgan fingerprint density at radius 1 is 1.17 bits per heavy atom. The number of carbonyl (C=O) groups is 1. The van der Waals surface area contributed by atoms with Gasteiger partial charge in [0.1, 0.15) is 5.75 Å². The molecule has 3 rings (SSSR count). The van der Waals surface area contributed by atoms with Gasteiger partial charge in [-0.3, -0.25) is 9.59 Å². The predicted molar refractivity (Wildman–Crippen MR) is 118 cm³/mol. The molecule has 1 heterocycles. The highest BCUT2D eigenvalue weighted by Gasteiger charge is 2.15. The van der Waals surface area contributed by atoms with Gasteiger partial charge in [-0.1, -0.05) is 18.2 Å². The lowest BCUT2D eigenvalue weighted by Crippen LogP contribution is -2.28. The minimum atomic E-state index is -0.538. The molecular weight excluding hydrogens is 382 g/mol. The first-order chi connectivity index (χ1) is 14.5. The number of rotatable bonds is 7. The van der Waals surface area contributed by atoms with Crippen LogP contribution in [0.4, 0.5) is 5.69 Å². The normalized spacial score (nSPS) is 11.2. The van der Waals surface area contributed by atoms with E-state index in [9.17, 15) is 14.7 Å². The number of hydrazone groups is 1. The van der Waals surface area contributed by atoms with E-state index in [0.29, 0.717) is 22.9 Å². The van der Waals surface area contributed by atoms with Crippen LogP contribution in [0.1, 0.15) is 36.8 Å². The van der Waals surface area contributed by atoms with Gasteiger partial charge in [0.05, 0.1) is 11.6 Å². The molecule has 0 spiro atoms. The Bertz CT molecular complexity index is 1150. The fourth-order valence-electron chi connectivity index (χ4n) is 3.26. The lowest BCUT2D eigenvalue weighted by atomic mass is 10.1. The molecule has 2 N–H and O–H groups in total. The molecule has 0 aliphatic carbocycles. The molecule has 0 unspecified atom stereocenters. The van der Waals surface area contributed by atoms with E-state index in [1.54, 1.807) is 43.3 Å². The van der Waals surface area contributed by atoms with Gasteiger partial charge in [-0.05, 0) is 39.0 Å². The van der Waals surface area contributed by atoms with Crippen molar-refractivity contribution in [2.24, 2.45) is 5.10 Å². The van der Waals surface area contributed by atoms with Crippen LogP contribution in [0.2, 0.25) is 0 Å². The number of anilines is 1. The molecular formula is C22H25N5O3. The second kappa shape index (κ2) is 9.21. The molecule has 0 fully saturated rings. The molecule has 0 bridgehead atoms. The highest BCUT2D eigenvalue weighted by Crippen LogP contribution is 2.23. The van der Waals surface area contributed by atoms with Crippen LogP contribution in [-0.4, -0.2) is 40.1 Å². The first-order valence-electron chi connectivity index (χ1n) is 9.91. The minimum Gasteiger partial charge on any atom is -0.507 e. The standard InChI is InChI=1S/C22H25N5O3/c1-4-26(5-2)16-12-11-15(19(28)13-16)14-23-24-21(29)20-17-9-7-8-10-18(17)22(30)27(6-3)25-20/h7-14,28H,4-6H2,1-3H3,(H,24,29)/b23-14+. The van der Waals surface area contributed by atoms with E-state index < -0.39 is 5.91 Å². The van der Waals surface area contributed by atoms with Crippen LogP contribution >= 0.6 is 0 Å². The topological polar surface area (TPSA) is 99.8 Å². The number of nitrogens with zero attached hydrogens (tertiary/aromatic N) is 4. The van der Waals surface area contributed by atoms with Gasteiger partial charge in [0.15, 0.2) is 5.69 Å². The summed E-state index contributed by atoms with van der Waals surface area (Å²) >= 11 is 0. The summed E-state index contributed by atoms with van der Waals surface area (Å²) in [7, 11) is 0. The van der Waals surface area contributed by atoms with Crippen molar-refractivity contribution in [3.8, 4) is 5.75 Å². The maximum atomic E-state index is 12.7. The van der Waals surface area contributed by atoms with Crippen LogP contribution in [0.15, 0.2) is 52.4 Å². The maximum absolute atomic E-state index is 12.7. The van der Waals surface area contributed by atoms with Crippen molar-refractivity contribution in [2.75, 3.05) is 18.0 Å². The highest BCUT2D eigenvalue weighted by atomic mass is 16.3. The van der Waals surface area contributed by atoms with Gasteiger partial charge in [-0.15, -0.1) is 0 Å². The Hall–Kier alpha value is -3.68. The third-order valence-electron chi connectivity index (χ3n) is 4.89. The molecule has 0 atom stereocenters. The lowest BCUT2D eigenvalue weighted by Gasteiger charge is -2.21. The van der Waals surface area contributed by atoms with Gasteiger partial charge >= 0.3 is 0 Å². The van der Waals surface area contributed by atoms with E-state index in [0.717, 1.165) is 18.8 Å². The number of hydrogen-bond donors (Lipinski definition) is 2. The number of carbonyl (C=O) groups excluding carboxylic acids is 1. The largest absolute Gasteiger partial charge is 0.507 e. The Morgan fingerprint density at radius 3 is 2.50 bits per heavy atom. The number of phenols is 1. The fourth-order valence-corrected chi connectivity index (χ4v) is 3.26. The van der Waals surface area contributed by atoms with E-state index in [4.69, 9.17) is 0 Å². The van der Waals surface area contributed by atoms with E-state index in [1.807, 2.05) is 19.9 Å². The van der Waals surface area contributed by atoms with Crippen LogP contribution in [-0.2, 0) is 6.54 Å². The summed E-state index contributed by atoms with van der Waals surface area (Å²) < 4.78 is 1.25. The number of phenolic OH excluding ortho intramolecular Hbond substituents is 1. The molecule has 0 saturated carbocycles. The van der Waals surface area contributed by atoms with Crippen molar-refractivity contribution >= 4 is 28.6 Å². The zero-order valence-electron chi connectivity index (χ0n) is 17.3. The number of aromatic hydroxyl groups is 1. The number of amides is 1. The van der Waals surface area contributed by atoms with Crippen molar-refractivity contribution in [1.82, 2.24) is 15.2 Å². The van der Waals surface area contributed by atoms with Crippen LogP contribution in [0.5, 0.6) is 5.75 Å². The van der Waals surface area contributed by atoms with Crippen molar-refractivity contribution in [3.05, 3.63) is 64.1 Å². The predicted octanol–water partition coefficient (Wildman–Crippen LogP) is 2.73. The molecule has 0 aliphatic heterocycles. The van der Waals surface area contributed by atoms with E-state index >= 15 is 0 Å². The molecule has 30 heavy (non-hydrogen) atoms. The van der Waals surface area contributed by atoms with Crippen LogP contribution in [0, 0.1) is 0 Å². The molecule has 8 heteroatoms. The SMILES string of the molecule is CCN(CC)c1ccc(/C=N/NC(=O)c2nn(CC)c(=O)c3ccccc23)c(O)c1. The zero-order chi connectivity index (χ0) is 21.7. The first-order valence-corrected chi connectivity index (χ1v) is 9.91. The van der Waals surface area contributed by atoms with Crippen LogP contribution in [0.25, 0.3) is 10.8 Å². The zero-order valence-corrected chi connectivity index (χ0v) is 17.3. The number of fused-ring (bicyclic) bond motifs is 1. The second-order valence-electron chi connectivity index (χ2n) is 6.63. The highest BCUT2D eigenvalue weighted by molar-refractivity contribution is 6.05. The summed E-state index contributed by atoms with van der Waals surface area (Å²) in [5.74, 6) is -0.468. The quantitative estimate of drug-likeness (QED) is 0.463. The van der Waals surface area contributed by atoms with Crippen LogP contribution in [0.3, 0.4) is 0 Å². The first kappa shape index (κ1) is 21.0. The Morgan fingerprint density at radius 2 is 1.87 bits per heavy atom. The molecule has 0 saturated heterocycles. The molecule has 2 aromatic carbocycles. The van der Waals surface area contributed by atoms with Crippen molar-refractivity contribution in [3.63, 3.8) is 0 Å². The molecule has 1 amide bonds. The van der Waals surface area contributed by atoms with E-state index in [2.05, 4.69) is 20.5 Å². The minimum absolute atomic E-state index is 0.0699. The Balaban J connectivity index is 1.83. The van der Waals surface area contributed by atoms with Crippen molar-refractivity contribution < 1.29 is 9.90 Å². The van der Waals surface area contributed by atoms with E-state index in [1.165, 1.54) is 10.9 Å². The molecule has 0 radical (unpaired) electrons. The monoisotopic (exact) mass is 407 g/mol. The van der Waals surface area contributed by atoms with Crippen molar-refractivity contribution in [1.29, 1.82) is 0 Å². The summed E-state index contributed by atoms with van der Waals surface area (Å²) in [4.78, 5) is 27.2. The Kier molecular flexibility index (Phi) is 6.46. The second-order valence-corrected chi connectivity index (χ2v) is 6.63. The van der Waals surface area contributed by atoms with Gasteiger partial charge in [-0.2, -0.15) is 10.2 Å². The summed E-state index contributed by atoms with van der Waals surface area (Å²) in [6.07, 6.45) is 1.37. The smallest absolute Gasteiger partial charge is 0.292 e. The summed E-state index contributed by atoms with van der Waals surface area (Å²) in [5.41, 5.74) is 3.69. The van der Waals surface area contributed by atoms with E-state index in [-0.39, 0.29) is 17.0 Å². The number of nitrogens with one attached hydrogen (secondary N) is 1. The van der Waals surface area contributed by atoms with Gasteiger partial charge in [0.2, 0.25) is 0 Å². The maximum Gasteiger partial charge on any atom is 0.292 e. The number of hydrogen-bond acceptors (Lipinski definition) is 6. The summed E-state index contributed by atoms with van der Waals surface area (Å²) in [5, 5.41) is 19.3. The van der Waals surface area contributed by atoms with Gasteiger partial charge < -0.3 is 10.0 Å². The fraction of sp³-hybridized carbons (Fsp3) is 0.273. The lowest BCUT2D eigenvalue weighted by molar-refractivity contribution is 0.0949. The molecule has 0 aliphatic rings. The van der Waals surface area contributed by atoms with Crippen LogP contribution < -0.4 is 15.9 Å². The number of aryl methyl sites for hydroxylation is 1.